The Hall–Kier alpha value is -2.07. The van der Waals surface area contributed by atoms with E-state index in [1.54, 1.807) is 24.3 Å². The maximum absolute atomic E-state index is 11.7. The standard InChI is InChI=1S/C13H10ClNO3/c14-10-6-4-9(5-7-10)8-15-11(13(17)18)2-1-3-12(15)16/h1-7H,8H2,(H,17,18). The van der Waals surface area contributed by atoms with Crippen LogP contribution in [0.5, 0.6) is 0 Å². The highest BCUT2D eigenvalue weighted by Crippen LogP contribution is 2.11. The topological polar surface area (TPSA) is 59.3 Å². The first-order valence-corrected chi connectivity index (χ1v) is 5.63. The number of carboxylic acids is 1. The van der Waals surface area contributed by atoms with E-state index in [-0.39, 0.29) is 17.8 Å². The lowest BCUT2D eigenvalue weighted by Crippen LogP contribution is -2.25. The number of carboxylic acid groups (broad SMARTS) is 1. The molecule has 1 aromatic heterocycles. The normalized spacial score (nSPS) is 10.3. The Morgan fingerprint density at radius 1 is 1.17 bits per heavy atom. The van der Waals surface area contributed by atoms with Crippen LogP contribution < -0.4 is 5.56 Å². The summed E-state index contributed by atoms with van der Waals surface area (Å²) in [7, 11) is 0. The first-order chi connectivity index (χ1) is 8.58. The second-order valence-corrected chi connectivity index (χ2v) is 4.20. The van der Waals surface area contributed by atoms with Crippen LogP contribution in [0.1, 0.15) is 16.1 Å². The number of rotatable bonds is 3. The molecule has 0 saturated heterocycles. The van der Waals surface area contributed by atoms with Crippen molar-refractivity contribution in [3.63, 3.8) is 0 Å². The molecule has 0 aliphatic heterocycles. The summed E-state index contributed by atoms with van der Waals surface area (Å²) in [5.41, 5.74) is 0.442. The molecule has 1 heterocycles. The van der Waals surface area contributed by atoms with Crippen molar-refractivity contribution in [3.8, 4) is 0 Å². The van der Waals surface area contributed by atoms with E-state index in [4.69, 9.17) is 16.7 Å². The zero-order valence-corrected chi connectivity index (χ0v) is 10.1. The lowest BCUT2D eigenvalue weighted by atomic mass is 10.2. The summed E-state index contributed by atoms with van der Waals surface area (Å²) in [6, 6.07) is 11.1. The van der Waals surface area contributed by atoms with Crippen LogP contribution in [0.3, 0.4) is 0 Å². The number of hydrogen-bond donors (Lipinski definition) is 1. The molecule has 0 unspecified atom stereocenters. The molecule has 0 aliphatic carbocycles. The predicted molar refractivity (Wildman–Crippen MR) is 68.2 cm³/mol. The summed E-state index contributed by atoms with van der Waals surface area (Å²) >= 11 is 5.77. The largest absolute Gasteiger partial charge is 0.477 e. The van der Waals surface area contributed by atoms with Gasteiger partial charge in [0.1, 0.15) is 5.69 Å². The molecule has 4 nitrogen and oxygen atoms in total. The summed E-state index contributed by atoms with van der Waals surface area (Å²) in [4.78, 5) is 22.7. The van der Waals surface area contributed by atoms with Gasteiger partial charge in [-0.1, -0.05) is 29.8 Å². The average molecular weight is 264 g/mol. The Morgan fingerprint density at radius 2 is 1.83 bits per heavy atom. The van der Waals surface area contributed by atoms with Gasteiger partial charge >= 0.3 is 5.97 Å². The zero-order valence-electron chi connectivity index (χ0n) is 9.34. The van der Waals surface area contributed by atoms with Gasteiger partial charge in [0.2, 0.25) is 0 Å². The smallest absolute Gasteiger partial charge is 0.352 e. The van der Waals surface area contributed by atoms with Gasteiger partial charge in [0.15, 0.2) is 0 Å². The molecule has 0 amide bonds. The van der Waals surface area contributed by atoms with Gasteiger partial charge in [-0.3, -0.25) is 9.36 Å². The maximum Gasteiger partial charge on any atom is 0.352 e. The first-order valence-electron chi connectivity index (χ1n) is 5.25. The Balaban J connectivity index is 2.42. The molecule has 5 heteroatoms. The van der Waals surface area contributed by atoms with Crippen LogP contribution in [0.2, 0.25) is 5.02 Å². The van der Waals surface area contributed by atoms with Gasteiger partial charge in [-0.05, 0) is 23.8 Å². The summed E-state index contributed by atoms with van der Waals surface area (Å²) in [5, 5.41) is 9.63. The summed E-state index contributed by atoms with van der Waals surface area (Å²) in [6.45, 7) is 0.207. The number of hydrogen-bond acceptors (Lipinski definition) is 2. The number of pyridine rings is 1. The fourth-order valence-electron chi connectivity index (χ4n) is 1.64. The molecule has 1 N–H and O–H groups in total. The quantitative estimate of drug-likeness (QED) is 0.924. The van der Waals surface area contributed by atoms with Crippen LogP contribution in [0.15, 0.2) is 47.3 Å². The van der Waals surface area contributed by atoms with E-state index in [2.05, 4.69) is 0 Å². The molecule has 0 atom stereocenters. The molecule has 2 aromatic rings. The van der Waals surface area contributed by atoms with Gasteiger partial charge in [0, 0.05) is 11.1 Å². The summed E-state index contributed by atoms with van der Waals surface area (Å²) in [6.07, 6.45) is 0. The van der Waals surface area contributed by atoms with Crippen molar-refractivity contribution in [2.75, 3.05) is 0 Å². The average Bonchev–Trinajstić information content (AvgIpc) is 2.34. The van der Waals surface area contributed by atoms with Crippen LogP contribution in [-0.2, 0) is 6.54 Å². The Bertz CT molecular complexity index is 631. The third-order valence-corrected chi connectivity index (χ3v) is 2.77. The van der Waals surface area contributed by atoms with Crippen LogP contribution in [-0.4, -0.2) is 15.6 Å². The van der Waals surface area contributed by atoms with Gasteiger partial charge in [-0.25, -0.2) is 4.79 Å². The third kappa shape index (κ3) is 2.60. The van der Waals surface area contributed by atoms with E-state index >= 15 is 0 Å². The highest BCUT2D eigenvalue weighted by atomic mass is 35.5. The third-order valence-electron chi connectivity index (χ3n) is 2.52. The monoisotopic (exact) mass is 263 g/mol. The molecule has 0 radical (unpaired) electrons. The van der Waals surface area contributed by atoms with E-state index in [1.807, 2.05) is 0 Å². The van der Waals surface area contributed by atoms with Gasteiger partial charge < -0.3 is 5.11 Å². The van der Waals surface area contributed by atoms with E-state index in [9.17, 15) is 9.59 Å². The van der Waals surface area contributed by atoms with Gasteiger partial charge in [-0.2, -0.15) is 0 Å². The van der Waals surface area contributed by atoms with Crippen molar-refractivity contribution in [1.29, 1.82) is 0 Å². The lowest BCUT2D eigenvalue weighted by Gasteiger charge is -2.09. The van der Waals surface area contributed by atoms with Crippen molar-refractivity contribution in [3.05, 3.63) is 69.1 Å². The van der Waals surface area contributed by atoms with Crippen molar-refractivity contribution in [1.82, 2.24) is 4.57 Å². The SMILES string of the molecule is O=C(O)c1cccc(=O)n1Cc1ccc(Cl)cc1. The number of aromatic nitrogens is 1. The minimum Gasteiger partial charge on any atom is -0.477 e. The van der Waals surface area contributed by atoms with Crippen molar-refractivity contribution in [2.24, 2.45) is 0 Å². The molecular weight excluding hydrogens is 254 g/mol. The number of nitrogens with zero attached hydrogens (tertiary/aromatic N) is 1. The van der Waals surface area contributed by atoms with Gasteiger partial charge in [0.05, 0.1) is 6.54 Å². The molecule has 0 bridgehead atoms. The van der Waals surface area contributed by atoms with Crippen molar-refractivity contribution >= 4 is 17.6 Å². The number of aromatic carboxylic acids is 1. The minimum absolute atomic E-state index is 0.0301. The molecular formula is C13H10ClNO3. The van der Waals surface area contributed by atoms with Crippen molar-refractivity contribution in [2.45, 2.75) is 6.54 Å². The first kappa shape index (κ1) is 12.4. The van der Waals surface area contributed by atoms with Crippen LogP contribution >= 0.6 is 11.6 Å². The molecule has 18 heavy (non-hydrogen) atoms. The fourth-order valence-corrected chi connectivity index (χ4v) is 1.77. The fraction of sp³-hybridized carbons (Fsp3) is 0.0769. The van der Waals surface area contributed by atoms with Crippen LogP contribution in [0.4, 0.5) is 0 Å². The highest BCUT2D eigenvalue weighted by molar-refractivity contribution is 6.30. The van der Waals surface area contributed by atoms with E-state index in [0.717, 1.165) is 5.56 Å². The van der Waals surface area contributed by atoms with E-state index < -0.39 is 5.97 Å². The molecule has 0 aliphatic rings. The van der Waals surface area contributed by atoms with Crippen LogP contribution in [0.25, 0.3) is 0 Å². The Kier molecular flexibility index (Phi) is 3.48. The summed E-state index contributed by atoms with van der Waals surface area (Å²) in [5.74, 6) is -1.12. The number of benzene rings is 1. The molecule has 0 saturated carbocycles. The second-order valence-electron chi connectivity index (χ2n) is 3.77. The second kappa shape index (κ2) is 5.06. The number of halogens is 1. The van der Waals surface area contributed by atoms with E-state index in [0.29, 0.717) is 5.02 Å². The maximum atomic E-state index is 11.7. The van der Waals surface area contributed by atoms with Crippen molar-refractivity contribution < 1.29 is 9.90 Å². The van der Waals surface area contributed by atoms with E-state index in [1.165, 1.54) is 22.8 Å². The molecule has 2 rings (SSSR count). The molecule has 1 aromatic carbocycles. The Labute approximate surface area is 108 Å². The zero-order chi connectivity index (χ0) is 13.1. The molecule has 92 valence electrons. The number of carbonyl (C=O) groups is 1. The Morgan fingerprint density at radius 3 is 2.44 bits per heavy atom. The molecule has 0 fully saturated rings. The van der Waals surface area contributed by atoms with Gasteiger partial charge in [-0.15, -0.1) is 0 Å². The lowest BCUT2D eigenvalue weighted by molar-refractivity contribution is 0.0684. The predicted octanol–water partition coefficient (Wildman–Crippen LogP) is 2.25. The molecule has 0 spiro atoms. The minimum atomic E-state index is -1.12. The van der Waals surface area contributed by atoms with Crippen LogP contribution in [0, 0.1) is 0 Å². The highest BCUT2D eigenvalue weighted by Gasteiger charge is 2.10. The summed E-state index contributed by atoms with van der Waals surface area (Å²) < 4.78 is 1.21. The van der Waals surface area contributed by atoms with Gasteiger partial charge in [0.25, 0.3) is 5.56 Å².